The van der Waals surface area contributed by atoms with Gasteiger partial charge in [0.1, 0.15) is 11.2 Å². The van der Waals surface area contributed by atoms with Crippen LogP contribution in [-0.4, -0.2) is 44.8 Å². The van der Waals surface area contributed by atoms with Crippen LogP contribution in [0.2, 0.25) is 0 Å². The first kappa shape index (κ1) is 26.5. The van der Waals surface area contributed by atoms with Crippen LogP contribution in [0.5, 0.6) is 0 Å². The van der Waals surface area contributed by atoms with Crippen molar-refractivity contribution in [3.05, 3.63) is 46.6 Å². The Morgan fingerprint density at radius 2 is 1.63 bits per heavy atom. The van der Waals surface area contributed by atoms with Gasteiger partial charge in [0, 0.05) is 18.7 Å². The fourth-order valence-corrected chi connectivity index (χ4v) is 3.34. The monoisotopic (exact) mass is 547 g/mol. The highest BCUT2D eigenvalue weighted by molar-refractivity contribution is 9.10. The second-order valence-corrected chi connectivity index (χ2v) is 10.7. The predicted molar refractivity (Wildman–Crippen MR) is 132 cm³/mol. The molecule has 0 bridgehead atoms. The number of benzene rings is 1. The predicted octanol–water partition coefficient (Wildman–Crippen LogP) is 6.23. The third-order valence-corrected chi connectivity index (χ3v) is 4.88. The number of amides is 1. The van der Waals surface area contributed by atoms with E-state index in [1.165, 1.54) is 4.90 Å². The van der Waals surface area contributed by atoms with Gasteiger partial charge in [-0.2, -0.15) is 4.98 Å². The molecule has 0 saturated carbocycles. The Morgan fingerprint density at radius 3 is 2.20 bits per heavy atom. The van der Waals surface area contributed by atoms with Gasteiger partial charge in [0.05, 0.1) is 6.42 Å². The summed E-state index contributed by atoms with van der Waals surface area (Å²) in [6, 6.07) is 10.9. The number of esters is 1. The quantitative estimate of drug-likeness (QED) is 0.320. The molecule has 0 aliphatic heterocycles. The topological polar surface area (TPSA) is 108 Å². The summed E-state index contributed by atoms with van der Waals surface area (Å²) in [6.07, 6.45) is -0.444. The first-order valence-corrected chi connectivity index (χ1v) is 12.0. The van der Waals surface area contributed by atoms with Gasteiger partial charge in [-0.1, -0.05) is 29.4 Å². The molecular weight excluding hydrogens is 518 g/mol. The highest BCUT2D eigenvalue weighted by atomic mass is 79.9. The molecule has 2 aromatic heterocycles. The van der Waals surface area contributed by atoms with E-state index < -0.39 is 17.3 Å². The van der Waals surface area contributed by atoms with Crippen molar-refractivity contribution in [1.29, 1.82) is 0 Å². The molecule has 0 aliphatic rings. The summed E-state index contributed by atoms with van der Waals surface area (Å²) in [5.74, 6) is 0.768. The van der Waals surface area contributed by atoms with Crippen molar-refractivity contribution < 1.29 is 28.0 Å². The largest absolute Gasteiger partial charge is 0.460 e. The molecule has 0 spiro atoms. The second kappa shape index (κ2) is 10.6. The summed E-state index contributed by atoms with van der Waals surface area (Å²) in [7, 11) is 0. The van der Waals surface area contributed by atoms with Gasteiger partial charge in [0.15, 0.2) is 10.4 Å². The second-order valence-electron chi connectivity index (χ2n) is 9.96. The van der Waals surface area contributed by atoms with Gasteiger partial charge in [0.2, 0.25) is 5.82 Å². The van der Waals surface area contributed by atoms with Crippen molar-refractivity contribution >= 4 is 28.0 Å². The summed E-state index contributed by atoms with van der Waals surface area (Å²) >= 11 is 3.25. The van der Waals surface area contributed by atoms with Crippen LogP contribution in [0.15, 0.2) is 50.0 Å². The Balaban J connectivity index is 1.70. The highest BCUT2D eigenvalue weighted by Crippen LogP contribution is 2.26. The molecule has 3 rings (SSSR count). The van der Waals surface area contributed by atoms with E-state index in [2.05, 4.69) is 26.1 Å². The minimum atomic E-state index is -0.662. The zero-order chi connectivity index (χ0) is 25.8. The number of ether oxygens (including phenoxy) is 2. The Morgan fingerprint density at radius 1 is 0.971 bits per heavy atom. The van der Waals surface area contributed by atoms with Crippen LogP contribution in [-0.2, 0) is 20.8 Å². The lowest BCUT2D eigenvalue weighted by atomic mass is 10.1. The SMILES string of the molecule is CC(C)(C)OC(=O)CCN(Cc1ccc(-c2noc(-c3ccc(Br)o3)n2)cc1)C(=O)OC(C)(C)C. The van der Waals surface area contributed by atoms with Gasteiger partial charge in [0.25, 0.3) is 5.89 Å². The van der Waals surface area contributed by atoms with E-state index in [1.807, 2.05) is 24.3 Å². The Hall–Kier alpha value is -3.14. The van der Waals surface area contributed by atoms with Gasteiger partial charge >= 0.3 is 12.1 Å². The lowest BCUT2D eigenvalue weighted by Crippen LogP contribution is -2.38. The van der Waals surface area contributed by atoms with E-state index in [9.17, 15) is 9.59 Å². The summed E-state index contributed by atoms with van der Waals surface area (Å²) in [4.78, 5) is 30.9. The van der Waals surface area contributed by atoms with Gasteiger partial charge in [-0.3, -0.25) is 4.79 Å². The molecular formula is C25H30BrN3O6. The van der Waals surface area contributed by atoms with E-state index in [4.69, 9.17) is 18.4 Å². The minimum Gasteiger partial charge on any atom is -0.460 e. The molecule has 0 radical (unpaired) electrons. The molecule has 0 atom stereocenters. The molecule has 9 nitrogen and oxygen atoms in total. The molecule has 1 amide bonds. The maximum atomic E-state index is 12.8. The number of carbonyl (C=O) groups is 2. The standard InChI is InChI=1S/C25H30BrN3O6/c1-24(2,3)33-20(30)13-14-29(23(31)34-25(4,5)6)15-16-7-9-17(10-8-16)21-27-22(35-28-21)18-11-12-19(26)32-18/h7-12H,13-15H2,1-6H3. The molecule has 188 valence electrons. The highest BCUT2D eigenvalue weighted by Gasteiger charge is 2.24. The van der Waals surface area contributed by atoms with Gasteiger partial charge in [-0.05, 0) is 75.2 Å². The maximum Gasteiger partial charge on any atom is 0.410 e. The number of carbonyl (C=O) groups excluding carboxylic acids is 2. The van der Waals surface area contributed by atoms with Gasteiger partial charge in [-0.15, -0.1) is 0 Å². The van der Waals surface area contributed by atoms with E-state index in [0.717, 1.165) is 11.1 Å². The van der Waals surface area contributed by atoms with Crippen LogP contribution in [0.1, 0.15) is 53.5 Å². The average molecular weight is 548 g/mol. The molecule has 2 heterocycles. The zero-order valence-electron chi connectivity index (χ0n) is 20.8. The van der Waals surface area contributed by atoms with E-state index in [-0.39, 0.29) is 31.4 Å². The fourth-order valence-electron chi connectivity index (χ4n) is 3.03. The zero-order valence-corrected chi connectivity index (χ0v) is 22.3. The van der Waals surface area contributed by atoms with Gasteiger partial charge < -0.3 is 23.3 Å². The molecule has 35 heavy (non-hydrogen) atoms. The number of nitrogens with zero attached hydrogens (tertiary/aromatic N) is 3. The lowest BCUT2D eigenvalue weighted by molar-refractivity contribution is -0.155. The van der Waals surface area contributed by atoms with Crippen molar-refractivity contribution in [2.24, 2.45) is 0 Å². The van der Waals surface area contributed by atoms with Crippen LogP contribution >= 0.6 is 15.9 Å². The normalized spacial score (nSPS) is 11.9. The van der Waals surface area contributed by atoms with Gasteiger partial charge in [-0.25, -0.2) is 4.79 Å². The smallest absolute Gasteiger partial charge is 0.410 e. The van der Waals surface area contributed by atoms with Crippen molar-refractivity contribution in [1.82, 2.24) is 15.0 Å². The Labute approximate surface area is 212 Å². The van der Waals surface area contributed by atoms with Crippen molar-refractivity contribution in [2.75, 3.05) is 6.54 Å². The third-order valence-electron chi connectivity index (χ3n) is 4.45. The number of halogens is 1. The third kappa shape index (κ3) is 8.24. The summed E-state index contributed by atoms with van der Waals surface area (Å²) in [5, 5.41) is 4.01. The number of hydrogen-bond acceptors (Lipinski definition) is 8. The summed E-state index contributed by atoms with van der Waals surface area (Å²) in [6.45, 7) is 11.2. The average Bonchev–Trinajstić information content (AvgIpc) is 3.38. The Kier molecular flexibility index (Phi) is 8.04. The number of aromatic nitrogens is 2. The number of hydrogen-bond donors (Lipinski definition) is 0. The Bertz CT molecular complexity index is 1160. The van der Waals surface area contributed by atoms with E-state index >= 15 is 0 Å². The lowest BCUT2D eigenvalue weighted by Gasteiger charge is -2.28. The van der Waals surface area contributed by atoms with Crippen LogP contribution in [0, 0.1) is 0 Å². The first-order chi connectivity index (χ1) is 16.3. The molecule has 3 aromatic rings. The van der Waals surface area contributed by atoms with E-state index in [0.29, 0.717) is 16.3 Å². The maximum absolute atomic E-state index is 12.8. The van der Waals surface area contributed by atoms with E-state index in [1.54, 1.807) is 53.7 Å². The molecule has 0 saturated heterocycles. The molecule has 0 N–H and O–H groups in total. The fraction of sp³-hybridized carbons (Fsp3) is 0.440. The number of furan rings is 1. The van der Waals surface area contributed by atoms with Crippen LogP contribution in [0.25, 0.3) is 23.0 Å². The number of rotatable bonds is 7. The summed E-state index contributed by atoms with van der Waals surface area (Å²) < 4.78 is 22.2. The summed E-state index contributed by atoms with van der Waals surface area (Å²) in [5.41, 5.74) is 0.339. The molecule has 10 heteroatoms. The molecule has 0 fully saturated rings. The molecule has 1 aromatic carbocycles. The first-order valence-electron chi connectivity index (χ1n) is 11.2. The van der Waals surface area contributed by atoms with Crippen molar-refractivity contribution in [3.63, 3.8) is 0 Å². The van der Waals surface area contributed by atoms with Crippen LogP contribution < -0.4 is 0 Å². The molecule has 0 unspecified atom stereocenters. The molecule has 0 aliphatic carbocycles. The van der Waals surface area contributed by atoms with Crippen LogP contribution in [0.3, 0.4) is 0 Å². The van der Waals surface area contributed by atoms with Crippen molar-refractivity contribution in [3.8, 4) is 23.0 Å². The van der Waals surface area contributed by atoms with Crippen molar-refractivity contribution in [2.45, 2.75) is 65.7 Å². The van der Waals surface area contributed by atoms with Crippen LogP contribution in [0.4, 0.5) is 4.79 Å². The minimum absolute atomic E-state index is 0.0587.